The quantitative estimate of drug-likeness (QED) is 0.105. The van der Waals surface area contributed by atoms with E-state index in [0.29, 0.717) is 11.8 Å². The SMILES string of the molecule is Cc1cccc(C)c1[N-]c1cccc2ccc(C(Cc3ccccc3)[N-]c3c(C(C)C)cccc3C(C)C)nc12.[CH2-]c1ccccc1.[CH2-]c1ccccc1.[Hf+4]. The van der Waals surface area contributed by atoms with Crippen molar-refractivity contribution in [3.8, 4) is 0 Å². The van der Waals surface area contributed by atoms with Gasteiger partial charge in [0.15, 0.2) is 0 Å². The van der Waals surface area contributed by atoms with Crippen molar-refractivity contribution in [1.29, 1.82) is 0 Å². The number of nitrogens with zero attached hydrogens (tertiary/aromatic N) is 3. The van der Waals surface area contributed by atoms with Crippen molar-refractivity contribution in [3.05, 3.63) is 227 Å². The van der Waals surface area contributed by atoms with E-state index in [0.717, 1.165) is 62.3 Å². The molecule has 1 aromatic heterocycles. The maximum atomic E-state index is 5.52. The van der Waals surface area contributed by atoms with Gasteiger partial charge in [-0.1, -0.05) is 159 Å². The number of benzene rings is 6. The minimum absolute atomic E-state index is 0. The summed E-state index contributed by atoms with van der Waals surface area (Å²) in [7, 11) is 0. The standard InChI is InChI=1S/C37H39N3.2C7H7.Hf/c1-24(2)30-18-12-19-31(25(3)4)37(30)40-34(23-28-15-8-7-9-16-28)32-22-21-29-17-11-20-33(36(29)38-32)39-35-26(5)13-10-14-27(35)6;2*1-7-5-3-2-4-6-7;/h7-22,24-25,34H,23H2,1-6H3;2*2-6H,1H2;/q-2;2*-1;+4. The minimum atomic E-state index is -0.127. The molecule has 0 aliphatic heterocycles. The fraction of sp³-hybridized carbons (Fsp3) is 0.196. The summed E-state index contributed by atoms with van der Waals surface area (Å²) in [5.41, 5.74) is 13.2. The number of pyridine rings is 1. The average Bonchev–Trinajstić information content (AvgIpc) is 3.17. The molecule has 276 valence electrons. The summed E-state index contributed by atoms with van der Waals surface area (Å²) in [6.07, 6.45) is 0.777. The topological polar surface area (TPSA) is 41.1 Å². The van der Waals surface area contributed by atoms with Crippen molar-refractivity contribution in [1.82, 2.24) is 4.98 Å². The van der Waals surface area contributed by atoms with Crippen LogP contribution in [0.5, 0.6) is 0 Å². The molecule has 6 aromatic carbocycles. The molecule has 0 saturated carbocycles. The van der Waals surface area contributed by atoms with E-state index in [4.69, 9.17) is 15.6 Å². The third-order valence-corrected chi connectivity index (χ3v) is 9.32. The molecule has 0 aliphatic carbocycles. The number of hydrogen-bond donors (Lipinski definition) is 0. The number of aryl methyl sites for hydroxylation is 2. The predicted molar refractivity (Wildman–Crippen MR) is 233 cm³/mol. The van der Waals surface area contributed by atoms with Gasteiger partial charge in [-0.15, -0.1) is 41.3 Å². The van der Waals surface area contributed by atoms with E-state index in [2.05, 4.69) is 152 Å². The van der Waals surface area contributed by atoms with Crippen molar-refractivity contribution in [2.75, 3.05) is 0 Å². The van der Waals surface area contributed by atoms with Gasteiger partial charge in [0.2, 0.25) is 0 Å². The molecule has 0 amide bonds. The molecule has 0 saturated heterocycles. The Bertz CT molecular complexity index is 2110. The monoisotopic (exact) mass is 887 g/mol. The number of hydrogen-bond acceptors (Lipinski definition) is 1. The third kappa shape index (κ3) is 12.2. The largest absolute Gasteiger partial charge is 4.00 e. The molecular weight excluding hydrogens is 833 g/mol. The van der Waals surface area contributed by atoms with Crippen LogP contribution in [0.15, 0.2) is 158 Å². The van der Waals surface area contributed by atoms with Gasteiger partial charge in [-0.25, -0.2) is 0 Å². The van der Waals surface area contributed by atoms with Crippen LogP contribution in [0.4, 0.5) is 17.1 Å². The van der Waals surface area contributed by atoms with E-state index in [1.54, 1.807) is 0 Å². The van der Waals surface area contributed by atoms with Crippen molar-refractivity contribution in [3.63, 3.8) is 0 Å². The summed E-state index contributed by atoms with van der Waals surface area (Å²) < 4.78 is 0. The molecule has 0 aliphatic rings. The second-order valence-electron chi connectivity index (χ2n) is 14.3. The Hall–Kier alpha value is -5.06. The molecule has 1 unspecified atom stereocenters. The van der Waals surface area contributed by atoms with Gasteiger partial charge >= 0.3 is 25.8 Å². The van der Waals surface area contributed by atoms with Gasteiger partial charge in [0.05, 0.1) is 5.52 Å². The predicted octanol–water partition coefficient (Wildman–Crippen LogP) is 15.2. The van der Waals surface area contributed by atoms with Crippen LogP contribution < -0.4 is 0 Å². The molecule has 0 spiro atoms. The summed E-state index contributed by atoms with van der Waals surface area (Å²) in [6, 6.07) is 53.8. The summed E-state index contributed by atoms with van der Waals surface area (Å²) in [4.78, 5) is 5.28. The van der Waals surface area contributed by atoms with E-state index in [1.165, 1.54) is 16.7 Å². The fourth-order valence-electron chi connectivity index (χ4n) is 6.35. The molecular formula is C51H53HfN3. The Kier molecular flexibility index (Phi) is 16.4. The molecule has 0 N–H and O–H groups in total. The summed E-state index contributed by atoms with van der Waals surface area (Å²) in [5.74, 6) is 0.754. The Morgan fingerprint density at radius 2 is 1.02 bits per heavy atom. The normalized spacial score (nSPS) is 11.1. The van der Waals surface area contributed by atoms with Gasteiger partial charge in [0, 0.05) is 5.69 Å². The summed E-state index contributed by atoms with van der Waals surface area (Å²) in [5, 5.41) is 11.7. The number of para-hydroxylation sites is 3. The van der Waals surface area contributed by atoms with Gasteiger partial charge in [-0.05, 0) is 49.1 Å². The molecule has 4 heteroatoms. The van der Waals surface area contributed by atoms with Crippen molar-refractivity contribution in [2.24, 2.45) is 0 Å². The van der Waals surface area contributed by atoms with E-state index < -0.39 is 0 Å². The molecule has 55 heavy (non-hydrogen) atoms. The zero-order valence-electron chi connectivity index (χ0n) is 33.2. The Balaban J connectivity index is 0.000000374. The Morgan fingerprint density at radius 3 is 1.51 bits per heavy atom. The van der Waals surface area contributed by atoms with E-state index in [9.17, 15) is 0 Å². The molecule has 0 fully saturated rings. The van der Waals surface area contributed by atoms with E-state index >= 15 is 0 Å². The molecule has 0 bridgehead atoms. The second kappa shape index (κ2) is 21.1. The average molecular weight is 886 g/mol. The van der Waals surface area contributed by atoms with Gasteiger partial charge in [-0.3, -0.25) is 4.98 Å². The van der Waals surface area contributed by atoms with Crippen LogP contribution in [0.3, 0.4) is 0 Å². The van der Waals surface area contributed by atoms with Gasteiger partial charge in [-0.2, -0.15) is 49.2 Å². The van der Waals surface area contributed by atoms with E-state index in [1.807, 2.05) is 60.7 Å². The van der Waals surface area contributed by atoms with Gasteiger partial charge < -0.3 is 10.6 Å². The Morgan fingerprint density at radius 1 is 0.527 bits per heavy atom. The van der Waals surface area contributed by atoms with Crippen LogP contribution in [0.2, 0.25) is 0 Å². The van der Waals surface area contributed by atoms with Crippen LogP contribution in [-0.4, -0.2) is 4.98 Å². The molecule has 7 rings (SSSR count). The Labute approximate surface area is 349 Å². The minimum Gasteiger partial charge on any atom is -0.676 e. The van der Waals surface area contributed by atoms with Crippen LogP contribution in [0.1, 0.15) is 90.2 Å². The molecule has 0 radical (unpaired) electrons. The van der Waals surface area contributed by atoms with E-state index in [-0.39, 0.29) is 31.9 Å². The number of fused-ring (bicyclic) bond motifs is 1. The molecule has 7 aromatic rings. The fourth-order valence-corrected chi connectivity index (χ4v) is 6.35. The molecule has 1 atom stereocenters. The number of aromatic nitrogens is 1. The van der Waals surface area contributed by atoms with Crippen LogP contribution in [0.25, 0.3) is 21.5 Å². The van der Waals surface area contributed by atoms with Crippen molar-refractivity contribution in [2.45, 2.75) is 65.8 Å². The smallest absolute Gasteiger partial charge is 0.676 e. The van der Waals surface area contributed by atoms with Crippen LogP contribution in [0, 0.1) is 27.7 Å². The first-order chi connectivity index (χ1) is 26.1. The van der Waals surface area contributed by atoms with Crippen LogP contribution in [-0.2, 0) is 32.3 Å². The van der Waals surface area contributed by atoms with Gasteiger partial charge in [0.1, 0.15) is 0 Å². The molecule has 3 nitrogen and oxygen atoms in total. The third-order valence-electron chi connectivity index (χ3n) is 9.32. The number of rotatable bonds is 9. The molecule has 1 heterocycles. The zero-order chi connectivity index (χ0) is 38.5. The van der Waals surface area contributed by atoms with Crippen LogP contribution >= 0.6 is 0 Å². The zero-order valence-corrected chi connectivity index (χ0v) is 36.8. The maximum Gasteiger partial charge on any atom is 4.00 e. The summed E-state index contributed by atoms with van der Waals surface area (Å²) >= 11 is 0. The van der Waals surface area contributed by atoms with Crippen molar-refractivity contribution < 1.29 is 25.8 Å². The first-order valence-electron chi connectivity index (χ1n) is 18.9. The maximum absolute atomic E-state index is 5.52. The second-order valence-corrected chi connectivity index (χ2v) is 14.3. The first kappa shape index (κ1) is 42.7. The van der Waals surface area contributed by atoms with Gasteiger partial charge in [0.25, 0.3) is 0 Å². The van der Waals surface area contributed by atoms with Crippen molar-refractivity contribution >= 4 is 28.0 Å². The first-order valence-corrected chi connectivity index (χ1v) is 18.9. The summed E-state index contributed by atoms with van der Waals surface area (Å²) in [6.45, 7) is 20.7.